The molecule has 4 nitrogen and oxygen atoms in total. The van der Waals surface area contributed by atoms with Crippen molar-refractivity contribution in [2.24, 2.45) is 5.41 Å². The lowest BCUT2D eigenvalue weighted by molar-refractivity contribution is -0.154. The normalized spacial score (nSPS) is 17.9. The van der Waals surface area contributed by atoms with Crippen LogP contribution in [0.3, 0.4) is 0 Å². The summed E-state index contributed by atoms with van der Waals surface area (Å²) in [4.78, 5) is 15.3. The molecule has 0 radical (unpaired) electrons. The summed E-state index contributed by atoms with van der Waals surface area (Å²) in [6.07, 6.45) is 4.55. The Kier molecular flexibility index (Phi) is 2.18. The summed E-state index contributed by atoms with van der Waals surface area (Å²) in [5, 5.41) is 9.28. The van der Waals surface area contributed by atoms with Crippen molar-refractivity contribution < 1.29 is 14.3 Å². The summed E-state index contributed by atoms with van der Waals surface area (Å²) in [6, 6.07) is 5.71. The number of carboxylic acids is 1. The molecule has 1 N–H and O–H groups in total. The van der Waals surface area contributed by atoms with Crippen molar-refractivity contribution in [1.29, 1.82) is 0 Å². The van der Waals surface area contributed by atoms with Crippen molar-refractivity contribution in [3.05, 3.63) is 30.2 Å². The minimum atomic E-state index is -0.679. The van der Waals surface area contributed by atoms with Gasteiger partial charge in [0.1, 0.15) is 5.52 Å². The topological polar surface area (TPSA) is 63.3 Å². The van der Waals surface area contributed by atoms with Crippen LogP contribution in [0.25, 0.3) is 11.1 Å². The summed E-state index contributed by atoms with van der Waals surface area (Å²) < 4.78 is 5.23. The summed E-state index contributed by atoms with van der Waals surface area (Å²) in [7, 11) is 0. The standard InChI is InChI=1S/C13H13NO3/c15-12(16)13(4-1-5-13)7-9-2-3-10-11(6-9)17-8-14-10/h2-3,6,8H,1,4-5,7H2,(H,15,16). The van der Waals surface area contributed by atoms with Crippen LogP contribution in [0, 0.1) is 5.41 Å². The molecule has 1 aromatic heterocycles. The van der Waals surface area contributed by atoms with Crippen molar-refractivity contribution in [2.75, 3.05) is 0 Å². The van der Waals surface area contributed by atoms with Crippen molar-refractivity contribution in [3.8, 4) is 0 Å². The number of carbonyl (C=O) groups is 1. The van der Waals surface area contributed by atoms with E-state index in [0.29, 0.717) is 6.42 Å². The zero-order chi connectivity index (χ0) is 11.9. The smallest absolute Gasteiger partial charge is 0.309 e. The first-order valence-electron chi connectivity index (χ1n) is 5.75. The maximum atomic E-state index is 11.3. The number of benzene rings is 1. The van der Waals surface area contributed by atoms with Crippen molar-refractivity contribution in [1.82, 2.24) is 4.98 Å². The Morgan fingerprint density at radius 1 is 1.47 bits per heavy atom. The highest BCUT2D eigenvalue weighted by atomic mass is 16.4. The van der Waals surface area contributed by atoms with Gasteiger partial charge >= 0.3 is 5.97 Å². The molecule has 1 aliphatic carbocycles. The van der Waals surface area contributed by atoms with Crippen LogP contribution in [0.1, 0.15) is 24.8 Å². The van der Waals surface area contributed by atoms with Gasteiger partial charge in [0, 0.05) is 0 Å². The van der Waals surface area contributed by atoms with Gasteiger partial charge in [0.25, 0.3) is 0 Å². The van der Waals surface area contributed by atoms with Crippen LogP contribution in [0.5, 0.6) is 0 Å². The molecule has 1 saturated carbocycles. The minimum Gasteiger partial charge on any atom is -0.481 e. The molecule has 0 unspecified atom stereocenters. The lowest BCUT2D eigenvalue weighted by Gasteiger charge is -2.37. The maximum Gasteiger partial charge on any atom is 0.309 e. The van der Waals surface area contributed by atoms with E-state index >= 15 is 0 Å². The Labute approximate surface area is 98.3 Å². The van der Waals surface area contributed by atoms with Gasteiger partial charge in [0.2, 0.25) is 0 Å². The van der Waals surface area contributed by atoms with Gasteiger partial charge < -0.3 is 9.52 Å². The van der Waals surface area contributed by atoms with Crippen LogP contribution in [-0.4, -0.2) is 16.1 Å². The van der Waals surface area contributed by atoms with Gasteiger partial charge in [-0.1, -0.05) is 12.5 Å². The van der Waals surface area contributed by atoms with Crippen LogP contribution in [0.2, 0.25) is 0 Å². The minimum absolute atomic E-state index is 0.548. The third-order valence-electron chi connectivity index (χ3n) is 3.70. The summed E-state index contributed by atoms with van der Waals surface area (Å²) in [5.41, 5.74) is 2.00. The van der Waals surface area contributed by atoms with E-state index in [4.69, 9.17) is 4.42 Å². The highest BCUT2D eigenvalue weighted by molar-refractivity contribution is 5.77. The number of oxazole rings is 1. The Morgan fingerprint density at radius 3 is 2.94 bits per heavy atom. The molecule has 17 heavy (non-hydrogen) atoms. The van der Waals surface area contributed by atoms with E-state index in [1.54, 1.807) is 0 Å². The Morgan fingerprint density at radius 2 is 2.29 bits per heavy atom. The van der Waals surface area contributed by atoms with E-state index in [-0.39, 0.29) is 0 Å². The third kappa shape index (κ3) is 1.60. The van der Waals surface area contributed by atoms with Crippen LogP contribution in [0.15, 0.2) is 29.0 Å². The SMILES string of the molecule is O=C(O)C1(Cc2ccc3ncoc3c2)CCC1. The van der Waals surface area contributed by atoms with Gasteiger partial charge in [-0.25, -0.2) is 4.98 Å². The monoisotopic (exact) mass is 231 g/mol. The molecule has 1 aromatic carbocycles. The number of hydrogen-bond acceptors (Lipinski definition) is 3. The highest BCUT2D eigenvalue weighted by Gasteiger charge is 2.44. The largest absolute Gasteiger partial charge is 0.481 e. The number of carboxylic acid groups (broad SMARTS) is 1. The first-order chi connectivity index (χ1) is 8.20. The molecule has 88 valence electrons. The predicted molar refractivity (Wildman–Crippen MR) is 61.6 cm³/mol. The molecule has 4 heteroatoms. The second kappa shape index (κ2) is 3.58. The molecule has 0 bridgehead atoms. The van der Waals surface area contributed by atoms with Gasteiger partial charge in [0.15, 0.2) is 12.0 Å². The number of aliphatic carboxylic acids is 1. The van der Waals surface area contributed by atoms with E-state index in [0.717, 1.165) is 35.9 Å². The fraction of sp³-hybridized carbons (Fsp3) is 0.385. The number of aromatic nitrogens is 1. The molecule has 0 spiro atoms. The van der Waals surface area contributed by atoms with Gasteiger partial charge in [-0.05, 0) is 37.0 Å². The van der Waals surface area contributed by atoms with E-state index < -0.39 is 11.4 Å². The van der Waals surface area contributed by atoms with E-state index in [1.165, 1.54) is 6.39 Å². The predicted octanol–water partition coefficient (Wildman–Crippen LogP) is 2.63. The lowest BCUT2D eigenvalue weighted by atomic mass is 9.65. The second-order valence-corrected chi connectivity index (χ2v) is 4.77. The van der Waals surface area contributed by atoms with Crippen LogP contribution >= 0.6 is 0 Å². The first-order valence-corrected chi connectivity index (χ1v) is 5.75. The van der Waals surface area contributed by atoms with Gasteiger partial charge in [-0.3, -0.25) is 4.79 Å². The summed E-state index contributed by atoms with van der Waals surface area (Å²) >= 11 is 0. The molecule has 0 aliphatic heterocycles. The third-order valence-corrected chi connectivity index (χ3v) is 3.70. The van der Waals surface area contributed by atoms with E-state index in [2.05, 4.69) is 4.98 Å². The van der Waals surface area contributed by atoms with Crippen molar-refractivity contribution in [3.63, 3.8) is 0 Å². The molecule has 3 rings (SSSR count). The first kappa shape index (κ1) is 10.3. The van der Waals surface area contributed by atoms with Crippen molar-refractivity contribution >= 4 is 17.1 Å². The zero-order valence-corrected chi connectivity index (χ0v) is 9.35. The fourth-order valence-electron chi connectivity index (χ4n) is 2.47. The van der Waals surface area contributed by atoms with Gasteiger partial charge in [-0.15, -0.1) is 0 Å². The average molecular weight is 231 g/mol. The Bertz CT molecular complexity index is 569. The van der Waals surface area contributed by atoms with Gasteiger partial charge in [0.05, 0.1) is 5.41 Å². The molecule has 0 atom stereocenters. The second-order valence-electron chi connectivity index (χ2n) is 4.77. The molecular weight excluding hydrogens is 218 g/mol. The zero-order valence-electron chi connectivity index (χ0n) is 9.35. The van der Waals surface area contributed by atoms with E-state index in [9.17, 15) is 9.90 Å². The highest BCUT2D eigenvalue weighted by Crippen LogP contribution is 2.44. The molecule has 2 aromatic rings. The number of nitrogens with zero attached hydrogens (tertiary/aromatic N) is 1. The van der Waals surface area contributed by atoms with Crippen molar-refractivity contribution in [2.45, 2.75) is 25.7 Å². The molecule has 1 fully saturated rings. The average Bonchev–Trinajstić information content (AvgIpc) is 2.69. The summed E-state index contributed by atoms with van der Waals surface area (Å²) in [6.45, 7) is 0. The quantitative estimate of drug-likeness (QED) is 0.881. The van der Waals surface area contributed by atoms with E-state index in [1.807, 2.05) is 18.2 Å². The lowest BCUT2D eigenvalue weighted by Crippen LogP contribution is -2.39. The molecule has 1 heterocycles. The Balaban J connectivity index is 1.91. The van der Waals surface area contributed by atoms with Crippen LogP contribution < -0.4 is 0 Å². The number of rotatable bonds is 3. The number of fused-ring (bicyclic) bond motifs is 1. The van der Waals surface area contributed by atoms with Gasteiger partial charge in [-0.2, -0.15) is 0 Å². The fourth-order valence-corrected chi connectivity index (χ4v) is 2.47. The van der Waals surface area contributed by atoms with Crippen LogP contribution in [-0.2, 0) is 11.2 Å². The molecule has 0 amide bonds. The number of hydrogen-bond donors (Lipinski definition) is 1. The molecule has 1 aliphatic rings. The van der Waals surface area contributed by atoms with Crippen LogP contribution in [0.4, 0.5) is 0 Å². The molecular formula is C13H13NO3. The summed E-state index contributed by atoms with van der Waals surface area (Å²) in [5.74, 6) is -0.679. The molecule has 0 saturated heterocycles. The maximum absolute atomic E-state index is 11.3. The Hall–Kier alpha value is -1.84.